The quantitative estimate of drug-likeness (QED) is 0.709. The Morgan fingerprint density at radius 1 is 1.28 bits per heavy atom. The summed E-state index contributed by atoms with van der Waals surface area (Å²) in [6.45, 7) is 1.58. The lowest BCUT2D eigenvalue weighted by atomic mass is 10.1. The molecular weight excluding hydrogens is 314 g/mol. The summed E-state index contributed by atoms with van der Waals surface area (Å²) in [7, 11) is 0. The number of phenols is 1. The Bertz CT molecular complexity index is 746. The van der Waals surface area contributed by atoms with Crippen LogP contribution >= 0.6 is 0 Å². The first-order chi connectivity index (χ1) is 12.2. The van der Waals surface area contributed by atoms with Crippen molar-refractivity contribution in [3.05, 3.63) is 59.7 Å². The minimum absolute atomic E-state index is 0.0812. The molecule has 3 rings (SSSR count). The van der Waals surface area contributed by atoms with Crippen molar-refractivity contribution < 1.29 is 9.90 Å². The molecule has 25 heavy (non-hydrogen) atoms. The maximum Gasteiger partial charge on any atom is 0.220 e. The van der Waals surface area contributed by atoms with Crippen molar-refractivity contribution in [2.24, 2.45) is 0 Å². The summed E-state index contributed by atoms with van der Waals surface area (Å²) in [4.78, 5) is 14.3. The minimum atomic E-state index is 0.0812. The van der Waals surface area contributed by atoms with Crippen LogP contribution in [0, 0.1) is 5.41 Å². The van der Waals surface area contributed by atoms with E-state index in [4.69, 9.17) is 5.41 Å². The lowest BCUT2D eigenvalue weighted by Crippen LogP contribution is -2.37. The van der Waals surface area contributed by atoms with Crippen molar-refractivity contribution in [3.63, 3.8) is 0 Å². The highest BCUT2D eigenvalue weighted by molar-refractivity contribution is 5.82. The molecule has 5 heteroatoms. The number of carbonyl (C=O) groups is 1. The molecule has 0 aromatic heterocycles. The molecule has 1 fully saturated rings. The van der Waals surface area contributed by atoms with E-state index in [-0.39, 0.29) is 17.7 Å². The molecular formula is C20H23N3O2. The minimum Gasteiger partial charge on any atom is -0.507 e. The van der Waals surface area contributed by atoms with Crippen molar-refractivity contribution in [2.45, 2.75) is 25.3 Å². The second-order valence-electron chi connectivity index (χ2n) is 6.37. The molecule has 0 saturated carbocycles. The second kappa shape index (κ2) is 7.83. The highest BCUT2D eigenvalue weighted by atomic mass is 16.3. The van der Waals surface area contributed by atoms with E-state index < -0.39 is 0 Å². The van der Waals surface area contributed by atoms with E-state index in [1.807, 2.05) is 36.4 Å². The average Bonchev–Trinajstić information content (AvgIpc) is 3.09. The van der Waals surface area contributed by atoms with Crippen molar-refractivity contribution in [1.29, 1.82) is 5.41 Å². The maximum atomic E-state index is 12.2. The largest absolute Gasteiger partial charge is 0.507 e. The van der Waals surface area contributed by atoms with Gasteiger partial charge in [-0.25, -0.2) is 0 Å². The summed E-state index contributed by atoms with van der Waals surface area (Å²) >= 11 is 0. The van der Waals surface area contributed by atoms with Gasteiger partial charge in [0, 0.05) is 49.1 Å². The van der Waals surface area contributed by atoms with Crippen molar-refractivity contribution >= 4 is 17.8 Å². The molecule has 2 aromatic rings. The Balaban J connectivity index is 1.50. The highest BCUT2D eigenvalue weighted by Gasteiger charge is 2.24. The number of aromatic hydroxyl groups is 1. The summed E-state index contributed by atoms with van der Waals surface area (Å²) in [6.07, 6.45) is 3.28. The van der Waals surface area contributed by atoms with E-state index in [1.54, 1.807) is 12.1 Å². The number of amides is 1. The molecule has 0 bridgehead atoms. The van der Waals surface area contributed by atoms with E-state index in [0.29, 0.717) is 12.0 Å². The van der Waals surface area contributed by atoms with Crippen molar-refractivity contribution in [2.75, 3.05) is 18.0 Å². The van der Waals surface area contributed by atoms with Crippen LogP contribution in [0.25, 0.3) is 0 Å². The number of benzene rings is 2. The van der Waals surface area contributed by atoms with Crippen LogP contribution in [0.1, 0.15) is 24.0 Å². The lowest BCUT2D eigenvalue weighted by Gasteiger charge is -2.19. The van der Waals surface area contributed by atoms with Crippen LogP contribution in [-0.2, 0) is 11.2 Å². The van der Waals surface area contributed by atoms with Crippen LogP contribution < -0.4 is 10.2 Å². The third kappa shape index (κ3) is 4.38. The molecule has 1 heterocycles. The SMILES string of the molecule is N=Cc1ccc(N2CC[C@@H](NC(=O)CCc3ccccc3)C2)cc1O. The zero-order valence-electron chi connectivity index (χ0n) is 14.1. The number of rotatable bonds is 6. The predicted molar refractivity (Wildman–Crippen MR) is 99.5 cm³/mol. The molecule has 1 aliphatic heterocycles. The van der Waals surface area contributed by atoms with Gasteiger partial charge in [0.25, 0.3) is 0 Å². The summed E-state index contributed by atoms with van der Waals surface area (Å²) in [5, 5.41) is 20.2. The van der Waals surface area contributed by atoms with Crippen LogP contribution in [0.2, 0.25) is 0 Å². The van der Waals surface area contributed by atoms with Crippen LogP contribution in [0.15, 0.2) is 48.5 Å². The van der Waals surface area contributed by atoms with Crippen LogP contribution in [0.4, 0.5) is 5.69 Å². The zero-order chi connectivity index (χ0) is 17.6. The van der Waals surface area contributed by atoms with E-state index >= 15 is 0 Å². The van der Waals surface area contributed by atoms with Gasteiger partial charge >= 0.3 is 0 Å². The van der Waals surface area contributed by atoms with Crippen molar-refractivity contribution in [3.8, 4) is 5.75 Å². The Labute approximate surface area is 147 Å². The molecule has 1 amide bonds. The number of nitrogens with zero attached hydrogens (tertiary/aromatic N) is 1. The van der Waals surface area contributed by atoms with Gasteiger partial charge in [0.1, 0.15) is 5.75 Å². The van der Waals surface area contributed by atoms with E-state index in [0.717, 1.165) is 37.8 Å². The summed E-state index contributed by atoms with van der Waals surface area (Å²) < 4.78 is 0. The topological polar surface area (TPSA) is 76.4 Å². The van der Waals surface area contributed by atoms with Gasteiger partial charge in [-0.2, -0.15) is 0 Å². The Morgan fingerprint density at radius 3 is 2.80 bits per heavy atom. The Kier molecular flexibility index (Phi) is 5.33. The number of carbonyl (C=O) groups excluding carboxylic acids is 1. The number of anilines is 1. The fourth-order valence-electron chi connectivity index (χ4n) is 3.17. The molecule has 0 unspecified atom stereocenters. The van der Waals surface area contributed by atoms with Gasteiger partial charge in [0.15, 0.2) is 0 Å². The average molecular weight is 337 g/mol. The predicted octanol–water partition coefficient (Wildman–Crippen LogP) is 2.72. The molecule has 2 aromatic carbocycles. The van der Waals surface area contributed by atoms with Crippen LogP contribution in [0.3, 0.4) is 0 Å². The van der Waals surface area contributed by atoms with Gasteiger partial charge in [0.05, 0.1) is 0 Å². The monoisotopic (exact) mass is 337 g/mol. The maximum absolute atomic E-state index is 12.2. The van der Waals surface area contributed by atoms with Gasteiger partial charge in [-0.3, -0.25) is 4.79 Å². The number of nitrogens with one attached hydrogen (secondary N) is 2. The third-order valence-corrected chi connectivity index (χ3v) is 4.57. The van der Waals surface area contributed by atoms with Gasteiger partial charge in [-0.15, -0.1) is 0 Å². The van der Waals surface area contributed by atoms with Crippen molar-refractivity contribution in [1.82, 2.24) is 5.32 Å². The number of hydrogen-bond acceptors (Lipinski definition) is 4. The van der Waals surface area contributed by atoms with E-state index in [9.17, 15) is 9.90 Å². The van der Waals surface area contributed by atoms with Gasteiger partial charge in [-0.05, 0) is 30.5 Å². The second-order valence-corrected chi connectivity index (χ2v) is 6.37. The standard InChI is InChI=1S/C20H23N3O2/c21-13-16-7-8-18(12-19(16)24)23-11-10-17(14-23)22-20(25)9-6-15-4-2-1-3-5-15/h1-5,7-8,12-13,17,21,24H,6,9-11,14H2,(H,22,25)/t17-/m1/s1. The first-order valence-corrected chi connectivity index (χ1v) is 8.57. The van der Waals surface area contributed by atoms with E-state index in [1.165, 1.54) is 5.56 Å². The zero-order valence-corrected chi connectivity index (χ0v) is 14.1. The smallest absolute Gasteiger partial charge is 0.220 e. The molecule has 0 radical (unpaired) electrons. The molecule has 3 N–H and O–H groups in total. The molecule has 1 aliphatic rings. The van der Waals surface area contributed by atoms with Gasteiger partial charge < -0.3 is 20.7 Å². The fraction of sp³-hybridized carbons (Fsp3) is 0.300. The van der Waals surface area contributed by atoms with Crippen LogP contribution in [-0.4, -0.2) is 36.4 Å². The molecule has 1 saturated heterocycles. The van der Waals surface area contributed by atoms with Gasteiger partial charge in [-0.1, -0.05) is 30.3 Å². The first kappa shape index (κ1) is 17.0. The Morgan fingerprint density at radius 2 is 2.08 bits per heavy atom. The fourth-order valence-corrected chi connectivity index (χ4v) is 3.17. The molecule has 1 atom stereocenters. The summed E-state index contributed by atoms with van der Waals surface area (Å²) in [5.41, 5.74) is 2.60. The first-order valence-electron chi connectivity index (χ1n) is 8.57. The number of aryl methyl sites for hydroxylation is 1. The summed E-state index contributed by atoms with van der Waals surface area (Å²) in [6, 6.07) is 15.5. The Hall–Kier alpha value is -2.82. The molecule has 5 nitrogen and oxygen atoms in total. The number of phenolic OH excluding ortho intramolecular Hbond substituents is 1. The third-order valence-electron chi connectivity index (χ3n) is 4.57. The van der Waals surface area contributed by atoms with Crippen LogP contribution in [0.5, 0.6) is 5.75 Å². The molecule has 130 valence electrons. The molecule has 0 aliphatic carbocycles. The lowest BCUT2D eigenvalue weighted by molar-refractivity contribution is -0.121. The summed E-state index contributed by atoms with van der Waals surface area (Å²) in [5.74, 6) is 0.195. The van der Waals surface area contributed by atoms with Gasteiger partial charge in [0.2, 0.25) is 5.91 Å². The normalized spacial score (nSPS) is 16.6. The number of hydrogen-bond donors (Lipinski definition) is 3. The highest BCUT2D eigenvalue weighted by Crippen LogP contribution is 2.26. The molecule has 0 spiro atoms. The van der Waals surface area contributed by atoms with E-state index in [2.05, 4.69) is 10.2 Å².